The first-order valence-corrected chi connectivity index (χ1v) is 19.3. The van der Waals surface area contributed by atoms with E-state index < -0.39 is 0 Å². The quantitative estimate of drug-likeness (QED) is 0.175. The summed E-state index contributed by atoms with van der Waals surface area (Å²) in [7, 11) is 0. The number of hydrogen-bond donors (Lipinski definition) is 0. The molecule has 0 aliphatic heterocycles. The number of furan rings is 2. The van der Waals surface area contributed by atoms with Crippen molar-refractivity contribution in [1.82, 2.24) is 19.9 Å². The van der Waals surface area contributed by atoms with Crippen molar-refractivity contribution >= 4 is 65.6 Å². The summed E-state index contributed by atoms with van der Waals surface area (Å²) in [6.07, 6.45) is 0. The maximum Gasteiger partial charge on any atom is 0.164 e. The largest absolute Gasteiger partial charge is 0.455 e. The fourth-order valence-electron chi connectivity index (χ4n) is 8.43. The minimum atomic E-state index is 0.584. The van der Waals surface area contributed by atoms with Crippen LogP contribution in [-0.4, -0.2) is 19.9 Å². The van der Waals surface area contributed by atoms with E-state index >= 15 is 0 Å². The molecule has 270 valence electrons. The van der Waals surface area contributed by atoms with Gasteiger partial charge in [0.2, 0.25) is 0 Å². The van der Waals surface area contributed by atoms with Crippen LogP contribution < -0.4 is 0 Å². The molecule has 0 aliphatic rings. The monoisotopic (exact) mass is 742 g/mol. The third-order valence-corrected chi connectivity index (χ3v) is 11.2. The number of para-hydroxylation sites is 4. The van der Waals surface area contributed by atoms with Crippen LogP contribution in [0.5, 0.6) is 0 Å². The Morgan fingerprint density at radius 2 is 0.828 bits per heavy atom. The van der Waals surface area contributed by atoms with Gasteiger partial charge in [-0.3, -0.25) is 0 Å². The average Bonchev–Trinajstić information content (AvgIpc) is 3.88. The van der Waals surface area contributed by atoms with Crippen molar-refractivity contribution in [1.29, 1.82) is 0 Å². The van der Waals surface area contributed by atoms with Gasteiger partial charge in [-0.2, -0.15) is 0 Å². The Hall–Kier alpha value is -7.96. The topological polar surface area (TPSA) is 77.8 Å². The lowest BCUT2D eigenvalue weighted by Gasteiger charge is -2.13. The van der Waals surface area contributed by atoms with E-state index in [2.05, 4.69) is 103 Å². The number of rotatable bonds is 5. The normalized spacial score (nSPS) is 11.8. The molecule has 0 amide bonds. The lowest BCUT2D eigenvalue weighted by atomic mass is 9.93. The van der Waals surface area contributed by atoms with Crippen LogP contribution in [0.1, 0.15) is 0 Å². The zero-order valence-electron chi connectivity index (χ0n) is 30.9. The number of hydrogen-bond acceptors (Lipinski definition) is 6. The number of pyridine rings is 1. The zero-order valence-corrected chi connectivity index (χ0v) is 30.9. The van der Waals surface area contributed by atoms with Gasteiger partial charge in [0.1, 0.15) is 22.3 Å². The molecule has 4 heterocycles. The zero-order chi connectivity index (χ0) is 38.2. The van der Waals surface area contributed by atoms with E-state index in [-0.39, 0.29) is 0 Å². The lowest BCUT2D eigenvalue weighted by molar-refractivity contribution is 0.670. The molecule has 0 unspecified atom stereocenters. The molecule has 0 saturated carbocycles. The van der Waals surface area contributed by atoms with E-state index in [4.69, 9.17) is 28.8 Å². The SMILES string of the molecule is c1ccc(-c2nc(-c3ccc(-c4nc5ccccc5c5oc6ccccc6c45)cc3)nc(-c3ccc(-c4cccc5c4oc4ccccc45)c4ccccc34)n2)cc1. The molecule has 0 aliphatic carbocycles. The summed E-state index contributed by atoms with van der Waals surface area (Å²) in [4.78, 5) is 20.6. The van der Waals surface area contributed by atoms with Gasteiger partial charge in [-0.15, -0.1) is 0 Å². The van der Waals surface area contributed by atoms with Crippen molar-refractivity contribution in [2.24, 2.45) is 0 Å². The van der Waals surface area contributed by atoms with Crippen LogP contribution in [0.3, 0.4) is 0 Å². The van der Waals surface area contributed by atoms with Crippen molar-refractivity contribution in [2.45, 2.75) is 0 Å². The summed E-state index contributed by atoms with van der Waals surface area (Å²) in [6, 6.07) is 62.0. The Morgan fingerprint density at radius 1 is 0.293 bits per heavy atom. The predicted molar refractivity (Wildman–Crippen MR) is 234 cm³/mol. The van der Waals surface area contributed by atoms with Gasteiger partial charge in [-0.05, 0) is 46.7 Å². The Labute approximate surface area is 331 Å². The highest BCUT2D eigenvalue weighted by Crippen LogP contribution is 2.42. The van der Waals surface area contributed by atoms with Crippen LogP contribution in [0.15, 0.2) is 191 Å². The van der Waals surface area contributed by atoms with E-state index in [1.165, 1.54) is 0 Å². The van der Waals surface area contributed by atoms with Crippen LogP contribution in [0.2, 0.25) is 0 Å². The highest BCUT2D eigenvalue weighted by atomic mass is 16.3. The van der Waals surface area contributed by atoms with E-state index in [1.807, 2.05) is 78.9 Å². The standard InChI is InChI=1S/C52H30N4O2/c1-2-13-32(14-3-1)50-54-51(33-27-25-31(26-28-33)47-46-42-19-8-11-24-45(42)58-49(46)41-18-6-9-22-43(41)53-47)56-52(55-50)40-30-29-36(34-15-4-5-16-35(34)40)38-20-12-21-39-37-17-7-10-23-44(37)57-48(38)39/h1-30H. The molecule has 0 bridgehead atoms. The number of fused-ring (bicyclic) bond motifs is 9. The molecule has 6 heteroatoms. The van der Waals surface area contributed by atoms with Crippen molar-refractivity contribution < 1.29 is 8.83 Å². The summed E-state index contributed by atoms with van der Waals surface area (Å²) in [5.74, 6) is 1.79. The van der Waals surface area contributed by atoms with E-state index in [9.17, 15) is 0 Å². The summed E-state index contributed by atoms with van der Waals surface area (Å²) in [5, 5.41) is 7.36. The van der Waals surface area contributed by atoms with Gasteiger partial charge in [0, 0.05) is 49.4 Å². The van der Waals surface area contributed by atoms with Gasteiger partial charge in [-0.25, -0.2) is 19.9 Å². The molecule has 12 rings (SSSR count). The van der Waals surface area contributed by atoms with Crippen LogP contribution in [0.25, 0.3) is 122 Å². The fourth-order valence-corrected chi connectivity index (χ4v) is 8.43. The van der Waals surface area contributed by atoms with Gasteiger partial charge in [0.15, 0.2) is 17.5 Å². The average molecular weight is 743 g/mol. The summed E-state index contributed by atoms with van der Waals surface area (Å²) >= 11 is 0. The minimum Gasteiger partial charge on any atom is -0.455 e. The lowest BCUT2D eigenvalue weighted by Crippen LogP contribution is -2.01. The molecule has 58 heavy (non-hydrogen) atoms. The summed E-state index contributed by atoms with van der Waals surface area (Å²) < 4.78 is 12.9. The molecule has 0 radical (unpaired) electrons. The molecular formula is C52H30N4O2. The molecule has 0 spiro atoms. The second-order valence-electron chi connectivity index (χ2n) is 14.5. The Morgan fingerprint density at radius 3 is 1.60 bits per heavy atom. The second-order valence-corrected chi connectivity index (χ2v) is 14.5. The highest BCUT2D eigenvalue weighted by Gasteiger charge is 2.20. The van der Waals surface area contributed by atoms with Crippen molar-refractivity contribution in [2.75, 3.05) is 0 Å². The van der Waals surface area contributed by atoms with Crippen molar-refractivity contribution in [3.63, 3.8) is 0 Å². The molecule has 0 N–H and O–H groups in total. The predicted octanol–water partition coefficient (Wildman–Crippen LogP) is 13.7. The highest BCUT2D eigenvalue weighted by molar-refractivity contribution is 6.19. The third kappa shape index (κ3) is 5.05. The van der Waals surface area contributed by atoms with E-state index in [1.54, 1.807) is 0 Å². The summed E-state index contributed by atoms with van der Waals surface area (Å²) in [6.45, 7) is 0. The van der Waals surface area contributed by atoms with Crippen LogP contribution in [0, 0.1) is 0 Å². The Kier molecular flexibility index (Phi) is 7.13. The van der Waals surface area contributed by atoms with Crippen molar-refractivity contribution in [3.05, 3.63) is 182 Å². The molecular weight excluding hydrogens is 713 g/mol. The third-order valence-electron chi connectivity index (χ3n) is 11.2. The number of aromatic nitrogens is 4. The maximum absolute atomic E-state index is 6.48. The number of benzene rings is 8. The Balaban J connectivity index is 1.01. The molecule has 4 aromatic heterocycles. The van der Waals surface area contributed by atoms with Gasteiger partial charge in [0.25, 0.3) is 0 Å². The van der Waals surface area contributed by atoms with Crippen LogP contribution in [0.4, 0.5) is 0 Å². The van der Waals surface area contributed by atoms with E-state index in [0.29, 0.717) is 17.5 Å². The van der Waals surface area contributed by atoms with E-state index in [0.717, 1.165) is 105 Å². The molecule has 0 saturated heterocycles. The van der Waals surface area contributed by atoms with Gasteiger partial charge < -0.3 is 8.83 Å². The van der Waals surface area contributed by atoms with Crippen LogP contribution in [-0.2, 0) is 0 Å². The molecule has 12 aromatic rings. The maximum atomic E-state index is 6.48. The first-order valence-electron chi connectivity index (χ1n) is 19.3. The first kappa shape index (κ1) is 32.3. The minimum absolute atomic E-state index is 0.584. The van der Waals surface area contributed by atoms with Gasteiger partial charge in [0.05, 0.1) is 16.6 Å². The second kappa shape index (κ2) is 12.8. The molecule has 0 atom stereocenters. The van der Waals surface area contributed by atoms with Crippen molar-refractivity contribution in [3.8, 4) is 56.5 Å². The van der Waals surface area contributed by atoms with Gasteiger partial charge >= 0.3 is 0 Å². The molecule has 6 nitrogen and oxygen atoms in total. The fraction of sp³-hybridized carbons (Fsp3) is 0. The molecule has 8 aromatic carbocycles. The first-order chi connectivity index (χ1) is 28.7. The summed E-state index contributed by atoms with van der Waals surface area (Å²) in [5.41, 5.74) is 11.0. The Bertz CT molecular complexity index is 3570. The number of nitrogens with zero attached hydrogens (tertiary/aromatic N) is 4. The van der Waals surface area contributed by atoms with Gasteiger partial charge in [-0.1, -0.05) is 152 Å². The smallest absolute Gasteiger partial charge is 0.164 e. The van der Waals surface area contributed by atoms with Crippen LogP contribution >= 0.6 is 0 Å². The molecule has 0 fully saturated rings.